The van der Waals surface area contributed by atoms with E-state index >= 15 is 0 Å². The average Bonchev–Trinajstić information content (AvgIpc) is 2.16. The Morgan fingerprint density at radius 3 is 2.86 bits per heavy atom. The van der Waals surface area contributed by atoms with Gasteiger partial charge in [0.2, 0.25) is 0 Å². The summed E-state index contributed by atoms with van der Waals surface area (Å²) in [4.78, 5) is 0. The summed E-state index contributed by atoms with van der Waals surface area (Å²) in [6, 6.07) is 5.75. The third-order valence-corrected chi connectivity index (χ3v) is 1.61. The lowest BCUT2D eigenvalue weighted by atomic mass is 10.2. The lowest BCUT2D eigenvalue weighted by Crippen LogP contribution is -2.08. The molecule has 0 spiro atoms. The fourth-order valence-corrected chi connectivity index (χ4v) is 1.01. The Hall–Kier alpha value is -1.60. The molecule has 4 heteroatoms. The molecular formula is C10H10FNO2. The molecule has 74 valence electrons. The van der Waals surface area contributed by atoms with Crippen LogP contribution in [0.3, 0.4) is 0 Å². The van der Waals surface area contributed by atoms with Gasteiger partial charge in [-0.2, -0.15) is 5.26 Å². The minimum atomic E-state index is -0.636. The van der Waals surface area contributed by atoms with E-state index in [0.717, 1.165) is 0 Å². The zero-order chi connectivity index (χ0) is 10.6. The smallest absolute Gasteiger partial charge is 0.181 e. The number of nitrogens with zero attached hydrogens (tertiary/aromatic N) is 1. The van der Waals surface area contributed by atoms with E-state index in [1.165, 1.54) is 18.2 Å². The van der Waals surface area contributed by atoms with Gasteiger partial charge in [0.05, 0.1) is 6.61 Å². The van der Waals surface area contributed by atoms with E-state index in [4.69, 9.17) is 15.1 Å². The Morgan fingerprint density at radius 2 is 2.29 bits per heavy atom. The van der Waals surface area contributed by atoms with Crippen LogP contribution in [0.1, 0.15) is 12.5 Å². The number of ether oxygens (including phenoxy) is 1. The van der Waals surface area contributed by atoms with Crippen molar-refractivity contribution < 1.29 is 14.2 Å². The Labute approximate surface area is 81.4 Å². The van der Waals surface area contributed by atoms with Crippen LogP contribution in [0, 0.1) is 17.1 Å². The molecule has 0 saturated carbocycles. The van der Waals surface area contributed by atoms with E-state index in [9.17, 15) is 4.39 Å². The summed E-state index contributed by atoms with van der Waals surface area (Å²) in [5.41, 5.74) is 0.421. The van der Waals surface area contributed by atoms with E-state index < -0.39 is 11.9 Å². The zero-order valence-corrected chi connectivity index (χ0v) is 7.70. The second-order valence-corrected chi connectivity index (χ2v) is 2.84. The van der Waals surface area contributed by atoms with Gasteiger partial charge in [-0.05, 0) is 24.6 Å². The van der Waals surface area contributed by atoms with Gasteiger partial charge < -0.3 is 9.84 Å². The van der Waals surface area contributed by atoms with Crippen LogP contribution in [-0.4, -0.2) is 11.2 Å². The van der Waals surface area contributed by atoms with Gasteiger partial charge in [-0.25, -0.2) is 4.39 Å². The first-order chi connectivity index (χ1) is 6.65. The summed E-state index contributed by atoms with van der Waals surface area (Å²) >= 11 is 0. The molecule has 0 bridgehead atoms. The fraction of sp³-hybridized carbons (Fsp3) is 0.300. The first kappa shape index (κ1) is 10.5. The summed E-state index contributed by atoms with van der Waals surface area (Å²) in [5, 5.41) is 17.3. The molecule has 0 radical (unpaired) electrons. The fourth-order valence-electron chi connectivity index (χ4n) is 1.01. The number of aliphatic hydroxyl groups is 1. The first-order valence-corrected chi connectivity index (χ1v) is 4.12. The van der Waals surface area contributed by atoms with Gasteiger partial charge in [-0.3, -0.25) is 0 Å². The molecule has 0 aromatic heterocycles. The van der Waals surface area contributed by atoms with Gasteiger partial charge in [0, 0.05) is 6.07 Å². The largest absolute Gasteiger partial charge is 0.476 e. The van der Waals surface area contributed by atoms with Crippen molar-refractivity contribution in [1.82, 2.24) is 0 Å². The van der Waals surface area contributed by atoms with E-state index in [0.29, 0.717) is 5.56 Å². The second kappa shape index (κ2) is 4.58. The van der Waals surface area contributed by atoms with Crippen LogP contribution in [0.2, 0.25) is 0 Å². The minimum absolute atomic E-state index is 0.253. The van der Waals surface area contributed by atoms with Crippen molar-refractivity contribution in [2.24, 2.45) is 0 Å². The van der Waals surface area contributed by atoms with Crippen molar-refractivity contribution in [3.05, 3.63) is 29.6 Å². The summed E-state index contributed by atoms with van der Waals surface area (Å²) < 4.78 is 18.0. The number of aliphatic hydroxyl groups excluding tert-OH is 1. The maximum absolute atomic E-state index is 12.9. The third-order valence-electron chi connectivity index (χ3n) is 1.61. The summed E-state index contributed by atoms with van der Waals surface area (Å²) in [5.74, 6) is -0.236. The summed E-state index contributed by atoms with van der Waals surface area (Å²) in [7, 11) is 0. The molecule has 0 heterocycles. The predicted octanol–water partition coefficient (Wildman–Crippen LogP) is 1.61. The predicted molar refractivity (Wildman–Crippen MR) is 48.0 cm³/mol. The molecule has 14 heavy (non-hydrogen) atoms. The number of benzene rings is 1. The van der Waals surface area contributed by atoms with Crippen molar-refractivity contribution >= 4 is 0 Å². The highest BCUT2D eigenvalue weighted by Crippen LogP contribution is 2.17. The average molecular weight is 195 g/mol. The Morgan fingerprint density at radius 1 is 1.57 bits per heavy atom. The van der Waals surface area contributed by atoms with Gasteiger partial charge in [-0.1, -0.05) is 0 Å². The van der Waals surface area contributed by atoms with E-state index in [2.05, 4.69) is 0 Å². The quantitative estimate of drug-likeness (QED) is 0.797. The molecule has 0 amide bonds. The maximum Gasteiger partial charge on any atom is 0.181 e. The Balaban J connectivity index is 2.87. The number of nitriles is 1. The van der Waals surface area contributed by atoms with E-state index in [1.54, 1.807) is 6.92 Å². The van der Waals surface area contributed by atoms with Crippen LogP contribution in [-0.2, 0) is 6.61 Å². The molecule has 0 aliphatic carbocycles. The standard InChI is InChI=1S/C10H10FNO2/c1-7(5-12)14-10-3-8(6-13)2-9(11)4-10/h2-4,7,13H,6H2,1H3. The topological polar surface area (TPSA) is 53.2 Å². The van der Waals surface area contributed by atoms with E-state index in [1.807, 2.05) is 6.07 Å². The van der Waals surface area contributed by atoms with Crippen molar-refractivity contribution in [3.63, 3.8) is 0 Å². The highest BCUT2D eigenvalue weighted by atomic mass is 19.1. The Kier molecular flexibility index (Phi) is 3.43. The molecule has 0 aliphatic rings. The van der Waals surface area contributed by atoms with E-state index in [-0.39, 0.29) is 12.4 Å². The Bertz CT molecular complexity index is 360. The number of halogens is 1. The SMILES string of the molecule is CC(C#N)Oc1cc(F)cc(CO)c1. The summed E-state index contributed by atoms with van der Waals surface area (Å²) in [6.07, 6.45) is -0.636. The van der Waals surface area contributed by atoms with Gasteiger partial charge in [-0.15, -0.1) is 0 Å². The van der Waals surface area contributed by atoms with Crippen LogP contribution in [0.25, 0.3) is 0 Å². The highest BCUT2D eigenvalue weighted by Gasteiger charge is 2.04. The van der Waals surface area contributed by atoms with Gasteiger partial charge >= 0.3 is 0 Å². The first-order valence-electron chi connectivity index (χ1n) is 4.12. The normalized spacial score (nSPS) is 11.9. The van der Waals surface area contributed by atoms with Crippen LogP contribution in [0.4, 0.5) is 4.39 Å². The number of rotatable bonds is 3. The molecule has 0 fully saturated rings. The zero-order valence-electron chi connectivity index (χ0n) is 7.70. The van der Waals surface area contributed by atoms with Crippen LogP contribution >= 0.6 is 0 Å². The number of hydrogen-bond donors (Lipinski definition) is 1. The molecule has 3 nitrogen and oxygen atoms in total. The molecular weight excluding hydrogens is 185 g/mol. The van der Waals surface area contributed by atoms with Crippen molar-refractivity contribution in [1.29, 1.82) is 5.26 Å². The molecule has 1 unspecified atom stereocenters. The van der Waals surface area contributed by atoms with Crippen molar-refractivity contribution in [3.8, 4) is 11.8 Å². The molecule has 1 atom stereocenters. The van der Waals surface area contributed by atoms with Gasteiger partial charge in [0.25, 0.3) is 0 Å². The third kappa shape index (κ3) is 2.71. The molecule has 1 aromatic carbocycles. The van der Waals surface area contributed by atoms with Crippen LogP contribution in [0.5, 0.6) is 5.75 Å². The summed E-state index contributed by atoms with van der Waals surface area (Å²) in [6.45, 7) is 1.30. The monoisotopic (exact) mass is 195 g/mol. The highest BCUT2D eigenvalue weighted by molar-refractivity contribution is 5.29. The lowest BCUT2D eigenvalue weighted by molar-refractivity contribution is 0.267. The van der Waals surface area contributed by atoms with Gasteiger partial charge in [0.1, 0.15) is 17.6 Å². The molecule has 0 saturated heterocycles. The molecule has 1 N–H and O–H groups in total. The maximum atomic E-state index is 12.9. The minimum Gasteiger partial charge on any atom is -0.476 e. The molecule has 1 aromatic rings. The molecule has 0 aliphatic heterocycles. The molecule has 1 rings (SSSR count). The van der Waals surface area contributed by atoms with Crippen LogP contribution in [0.15, 0.2) is 18.2 Å². The van der Waals surface area contributed by atoms with Crippen molar-refractivity contribution in [2.45, 2.75) is 19.6 Å². The van der Waals surface area contributed by atoms with Crippen LogP contribution < -0.4 is 4.74 Å². The van der Waals surface area contributed by atoms with Crippen molar-refractivity contribution in [2.75, 3.05) is 0 Å². The number of hydrogen-bond acceptors (Lipinski definition) is 3. The van der Waals surface area contributed by atoms with Gasteiger partial charge in [0.15, 0.2) is 6.10 Å². The second-order valence-electron chi connectivity index (χ2n) is 2.84. The lowest BCUT2D eigenvalue weighted by Gasteiger charge is -2.08.